The van der Waals surface area contributed by atoms with Gasteiger partial charge in [-0.25, -0.2) is 0 Å². The van der Waals surface area contributed by atoms with Crippen molar-refractivity contribution in [2.24, 2.45) is 9.98 Å². The van der Waals surface area contributed by atoms with Gasteiger partial charge in [0.05, 0.1) is 13.2 Å². The highest BCUT2D eigenvalue weighted by molar-refractivity contribution is 5.80. The number of benzene rings is 4. The van der Waals surface area contributed by atoms with E-state index in [1.807, 2.05) is 134 Å². The van der Waals surface area contributed by atoms with Crippen LogP contribution in [0.3, 0.4) is 0 Å². The fourth-order valence-electron chi connectivity index (χ4n) is 5.00. The zero-order valence-electron chi connectivity index (χ0n) is 22.1. The van der Waals surface area contributed by atoms with Crippen LogP contribution >= 0.6 is 0 Å². The monoisotopic (exact) mass is 532 g/mol. The Labute approximate surface area is 234 Å². The largest absolute Gasteiger partial charge is 0.346 e. The molecule has 0 aromatic heterocycles. The molecule has 4 aromatic rings. The molecule has 2 saturated heterocycles. The average Bonchev–Trinajstić information content (AvgIpc) is 3.03. The van der Waals surface area contributed by atoms with Crippen molar-refractivity contribution in [3.63, 3.8) is 0 Å². The molecule has 2 heterocycles. The van der Waals surface area contributed by atoms with Gasteiger partial charge in [-0.15, -0.1) is 0 Å². The van der Waals surface area contributed by atoms with Crippen LogP contribution in [0.25, 0.3) is 0 Å². The first-order valence-corrected chi connectivity index (χ1v) is 13.6. The van der Waals surface area contributed by atoms with E-state index in [0.717, 1.165) is 22.3 Å². The summed E-state index contributed by atoms with van der Waals surface area (Å²) in [5, 5.41) is 0. The maximum absolute atomic E-state index is 6.58. The summed E-state index contributed by atoms with van der Waals surface area (Å²) in [5.41, 5.74) is 4.01. The lowest BCUT2D eigenvalue weighted by Crippen LogP contribution is -2.61. The molecule has 4 aromatic carbocycles. The summed E-state index contributed by atoms with van der Waals surface area (Å²) < 4.78 is 25.6. The van der Waals surface area contributed by atoms with E-state index < -0.39 is 18.6 Å². The van der Waals surface area contributed by atoms with Crippen LogP contribution in [0.2, 0.25) is 0 Å². The van der Waals surface area contributed by atoms with Crippen molar-refractivity contribution < 1.29 is 18.9 Å². The summed E-state index contributed by atoms with van der Waals surface area (Å²) in [5.74, 6) is 0. The Morgan fingerprint density at radius 3 is 1.82 bits per heavy atom. The minimum atomic E-state index is -0.639. The summed E-state index contributed by atoms with van der Waals surface area (Å²) in [4.78, 5) is 10.1. The van der Waals surface area contributed by atoms with Crippen molar-refractivity contribution in [3.05, 3.63) is 144 Å². The number of hydrogen-bond donors (Lipinski definition) is 0. The maximum atomic E-state index is 6.58. The van der Waals surface area contributed by atoms with Gasteiger partial charge in [-0.1, -0.05) is 121 Å². The van der Waals surface area contributed by atoms with Gasteiger partial charge in [0, 0.05) is 18.0 Å². The third-order valence-electron chi connectivity index (χ3n) is 7.05. The van der Waals surface area contributed by atoms with Gasteiger partial charge in [0.25, 0.3) is 0 Å². The third-order valence-corrected chi connectivity index (χ3v) is 7.05. The molecular formula is C34H32N2O4. The number of hydrogen-bond acceptors (Lipinski definition) is 6. The minimum absolute atomic E-state index is 0.359. The first-order chi connectivity index (χ1) is 19.8. The molecule has 0 saturated carbocycles. The molecule has 0 N–H and O–H groups in total. The van der Waals surface area contributed by atoms with Gasteiger partial charge in [-0.3, -0.25) is 9.98 Å². The summed E-state index contributed by atoms with van der Waals surface area (Å²) in [7, 11) is 0. The average molecular weight is 533 g/mol. The molecule has 2 aliphatic rings. The van der Waals surface area contributed by atoms with Crippen molar-refractivity contribution in [1.29, 1.82) is 0 Å². The molecule has 0 bridgehead atoms. The lowest BCUT2D eigenvalue weighted by Gasteiger charge is -2.47. The van der Waals surface area contributed by atoms with Crippen LogP contribution in [-0.2, 0) is 25.6 Å². The molecule has 6 nitrogen and oxygen atoms in total. The molecule has 0 spiro atoms. The Hall–Kier alpha value is -3.94. The Morgan fingerprint density at radius 1 is 0.650 bits per heavy atom. The second-order valence-electron chi connectivity index (χ2n) is 9.88. The molecule has 0 radical (unpaired) electrons. The number of fused-ring (bicyclic) bond motifs is 1. The Bertz CT molecular complexity index is 1380. The first kappa shape index (κ1) is 26.3. The SMILES string of the molecule is C(=N[C@@H]1[C@@H](N=Cc2ccccc2)[C@@H](OCc2ccccc2)O[C@@H]2COC(c3ccccc3)O[C@@H]12)c1ccccc1. The Morgan fingerprint density at radius 2 is 1.20 bits per heavy atom. The zero-order valence-corrected chi connectivity index (χ0v) is 22.1. The van der Waals surface area contributed by atoms with Crippen LogP contribution in [0.15, 0.2) is 131 Å². The van der Waals surface area contributed by atoms with Gasteiger partial charge >= 0.3 is 0 Å². The zero-order chi connectivity index (χ0) is 27.0. The van der Waals surface area contributed by atoms with Gasteiger partial charge in [-0.2, -0.15) is 0 Å². The maximum Gasteiger partial charge on any atom is 0.184 e. The van der Waals surface area contributed by atoms with Gasteiger partial charge in [-0.05, 0) is 16.7 Å². The highest BCUT2D eigenvalue weighted by Crippen LogP contribution is 2.37. The van der Waals surface area contributed by atoms with Crippen LogP contribution < -0.4 is 0 Å². The van der Waals surface area contributed by atoms with Gasteiger partial charge in [0.1, 0.15) is 24.3 Å². The van der Waals surface area contributed by atoms with Crippen molar-refractivity contribution in [2.45, 2.75) is 43.5 Å². The van der Waals surface area contributed by atoms with Crippen molar-refractivity contribution in [1.82, 2.24) is 0 Å². The van der Waals surface area contributed by atoms with Crippen molar-refractivity contribution in [2.75, 3.05) is 6.61 Å². The van der Waals surface area contributed by atoms with Crippen LogP contribution in [0.1, 0.15) is 28.5 Å². The van der Waals surface area contributed by atoms with E-state index in [1.165, 1.54) is 0 Å². The van der Waals surface area contributed by atoms with Gasteiger partial charge in [0.2, 0.25) is 0 Å². The van der Waals surface area contributed by atoms with E-state index >= 15 is 0 Å². The standard InChI is InChI=1S/C34H32N2O4/c1-5-13-25(14-6-1)21-35-30-31(36-22-26-15-7-2-8-16-26)34(37-23-27-17-9-3-10-18-27)39-29-24-38-33(40-32(29)30)28-19-11-4-12-20-28/h1-22,29-34H,23-24H2/t29-,30-,31-,32-,33?,34+/m1/s1. The molecule has 1 unspecified atom stereocenters. The van der Waals surface area contributed by atoms with E-state index in [0.29, 0.717) is 13.2 Å². The predicted octanol–water partition coefficient (Wildman–Crippen LogP) is 6.02. The van der Waals surface area contributed by atoms with Crippen LogP contribution in [0.4, 0.5) is 0 Å². The minimum Gasteiger partial charge on any atom is -0.346 e. The quantitative estimate of drug-likeness (QED) is 0.261. The Balaban J connectivity index is 1.34. The number of aliphatic imine (C=N–C) groups is 2. The Kier molecular flexibility index (Phi) is 8.51. The molecule has 40 heavy (non-hydrogen) atoms. The van der Waals surface area contributed by atoms with Crippen LogP contribution in [-0.4, -0.2) is 49.6 Å². The topological polar surface area (TPSA) is 61.6 Å². The highest BCUT2D eigenvalue weighted by atomic mass is 16.7. The normalized spacial score (nSPS) is 26.6. The molecular weight excluding hydrogens is 500 g/mol. The van der Waals surface area contributed by atoms with Crippen LogP contribution in [0, 0.1) is 0 Å². The summed E-state index contributed by atoms with van der Waals surface area (Å²) >= 11 is 0. The summed E-state index contributed by atoms with van der Waals surface area (Å²) in [6.07, 6.45) is 1.87. The number of nitrogens with zero attached hydrogens (tertiary/aromatic N) is 2. The van der Waals surface area contributed by atoms with Gasteiger partial charge < -0.3 is 18.9 Å². The van der Waals surface area contributed by atoms with Crippen LogP contribution in [0.5, 0.6) is 0 Å². The fourth-order valence-corrected chi connectivity index (χ4v) is 5.00. The van der Waals surface area contributed by atoms with E-state index in [9.17, 15) is 0 Å². The molecule has 6 atom stereocenters. The molecule has 202 valence electrons. The lowest BCUT2D eigenvalue weighted by atomic mass is 9.93. The first-order valence-electron chi connectivity index (χ1n) is 13.6. The highest BCUT2D eigenvalue weighted by Gasteiger charge is 2.50. The van der Waals surface area contributed by atoms with E-state index in [-0.39, 0.29) is 18.2 Å². The lowest BCUT2D eigenvalue weighted by molar-refractivity contribution is -0.325. The third kappa shape index (κ3) is 6.43. The molecule has 2 aliphatic heterocycles. The smallest absolute Gasteiger partial charge is 0.184 e. The number of rotatable bonds is 8. The molecule has 0 aliphatic carbocycles. The molecule has 6 rings (SSSR count). The predicted molar refractivity (Wildman–Crippen MR) is 156 cm³/mol. The van der Waals surface area contributed by atoms with Gasteiger partial charge in [0.15, 0.2) is 12.6 Å². The van der Waals surface area contributed by atoms with Crippen molar-refractivity contribution in [3.8, 4) is 0 Å². The number of ether oxygens (including phenoxy) is 4. The van der Waals surface area contributed by atoms with E-state index in [4.69, 9.17) is 28.9 Å². The molecule has 0 amide bonds. The second-order valence-corrected chi connectivity index (χ2v) is 9.88. The molecule has 2 fully saturated rings. The second kappa shape index (κ2) is 12.9. The fraction of sp³-hybridized carbons (Fsp3) is 0.235. The van der Waals surface area contributed by atoms with E-state index in [2.05, 4.69) is 0 Å². The summed E-state index contributed by atoms with van der Waals surface area (Å²) in [6, 6.07) is 39.3. The molecule has 6 heteroatoms. The van der Waals surface area contributed by atoms with Crippen molar-refractivity contribution >= 4 is 12.4 Å². The summed E-state index contributed by atoms with van der Waals surface area (Å²) in [6.45, 7) is 0.756. The van der Waals surface area contributed by atoms with E-state index in [1.54, 1.807) is 0 Å².